The summed E-state index contributed by atoms with van der Waals surface area (Å²) in [4.78, 5) is 12.5. The number of benzene rings is 1. The Morgan fingerprint density at radius 3 is 2.71 bits per heavy atom. The van der Waals surface area contributed by atoms with Crippen LogP contribution in [0.2, 0.25) is 10.0 Å². The molecule has 2 aliphatic heterocycles. The van der Waals surface area contributed by atoms with Crippen LogP contribution in [0, 0.1) is 0 Å². The van der Waals surface area contributed by atoms with Gasteiger partial charge in [-0.05, 0) is 43.9 Å². The number of nitrogens with one attached hydrogen (secondary N) is 2. The van der Waals surface area contributed by atoms with Crippen LogP contribution in [0.15, 0.2) is 30.6 Å². The van der Waals surface area contributed by atoms with E-state index in [1.807, 2.05) is 0 Å². The third-order valence-corrected chi connectivity index (χ3v) is 5.35. The van der Waals surface area contributed by atoms with Crippen molar-refractivity contribution in [2.45, 2.75) is 43.8 Å². The first-order valence-corrected chi connectivity index (χ1v) is 8.91. The van der Waals surface area contributed by atoms with Crippen LogP contribution in [0.1, 0.15) is 36.0 Å². The molecule has 24 heavy (non-hydrogen) atoms. The number of fused-ring (bicyclic) bond motifs is 2. The third kappa shape index (κ3) is 3.16. The minimum absolute atomic E-state index is 0.0855. The van der Waals surface area contributed by atoms with Gasteiger partial charge in [-0.2, -0.15) is 5.10 Å². The summed E-state index contributed by atoms with van der Waals surface area (Å²) in [6.07, 6.45) is 7.68. The summed E-state index contributed by atoms with van der Waals surface area (Å²) in [7, 11) is 0. The van der Waals surface area contributed by atoms with Crippen molar-refractivity contribution in [1.29, 1.82) is 0 Å². The second kappa shape index (κ2) is 6.39. The number of hydrogen-bond donors (Lipinski definition) is 2. The fraction of sp³-hybridized carbons (Fsp3) is 0.412. The quantitative estimate of drug-likeness (QED) is 0.878. The van der Waals surface area contributed by atoms with E-state index in [9.17, 15) is 4.79 Å². The molecule has 2 unspecified atom stereocenters. The summed E-state index contributed by atoms with van der Waals surface area (Å²) in [5.41, 5.74) is 1.23. The first-order valence-electron chi connectivity index (χ1n) is 8.15. The molecule has 1 amide bonds. The SMILES string of the molecule is O=C(NC1CC2CCC(C1)N2)c1cnn(-c2ccc(Cl)cc2Cl)c1. The van der Waals surface area contributed by atoms with Crippen molar-refractivity contribution in [3.05, 3.63) is 46.2 Å². The molecule has 4 rings (SSSR count). The normalized spacial score (nSPS) is 25.7. The molecule has 0 radical (unpaired) electrons. The lowest BCUT2D eigenvalue weighted by Crippen LogP contribution is -2.47. The molecule has 126 valence electrons. The number of hydrogen-bond acceptors (Lipinski definition) is 3. The van der Waals surface area contributed by atoms with E-state index in [2.05, 4.69) is 15.7 Å². The molecule has 0 saturated carbocycles. The Kier molecular flexibility index (Phi) is 4.24. The van der Waals surface area contributed by atoms with Gasteiger partial charge in [-0.1, -0.05) is 23.2 Å². The molecule has 1 aromatic heterocycles. The van der Waals surface area contributed by atoms with Gasteiger partial charge in [0.1, 0.15) is 0 Å². The first kappa shape index (κ1) is 15.9. The average molecular weight is 365 g/mol. The fourth-order valence-electron chi connectivity index (χ4n) is 3.68. The van der Waals surface area contributed by atoms with Gasteiger partial charge in [-0.3, -0.25) is 4.79 Å². The highest BCUT2D eigenvalue weighted by molar-refractivity contribution is 6.35. The maximum Gasteiger partial charge on any atom is 0.254 e. The number of aromatic nitrogens is 2. The van der Waals surface area contributed by atoms with E-state index in [0.29, 0.717) is 33.4 Å². The zero-order chi connectivity index (χ0) is 16.7. The van der Waals surface area contributed by atoms with Crippen molar-refractivity contribution in [1.82, 2.24) is 20.4 Å². The maximum absolute atomic E-state index is 12.5. The number of carbonyl (C=O) groups excluding carboxylic acids is 1. The lowest BCUT2D eigenvalue weighted by Gasteiger charge is -2.29. The summed E-state index contributed by atoms with van der Waals surface area (Å²) in [5, 5.41) is 12.0. The van der Waals surface area contributed by atoms with E-state index in [0.717, 1.165) is 12.8 Å². The van der Waals surface area contributed by atoms with Gasteiger partial charge in [0, 0.05) is 29.3 Å². The summed E-state index contributed by atoms with van der Waals surface area (Å²) < 4.78 is 1.60. The van der Waals surface area contributed by atoms with Crippen LogP contribution >= 0.6 is 23.2 Å². The summed E-state index contributed by atoms with van der Waals surface area (Å²) in [6.45, 7) is 0. The molecule has 2 atom stereocenters. The molecule has 0 spiro atoms. The molecule has 0 aliphatic carbocycles. The van der Waals surface area contributed by atoms with Crippen molar-refractivity contribution in [3.63, 3.8) is 0 Å². The summed E-state index contributed by atoms with van der Waals surface area (Å²) in [5.74, 6) is -0.0855. The molecule has 1 aromatic carbocycles. The average Bonchev–Trinajstić information content (AvgIpc) is 3.14. The lowest BCUT2D eigenvalue weighted by atomic mass is 9.99. The third-order valence-electron chi connectivity index (χ3n) is 4.81. The van der Waals surface area contributed by atoms with Gasteiger partial charge in [0.15, 0.2) is 0 Å². The number of nitrogens with zero attached hydrogens (tertiary/aromatic N) is 2. The molecular formula is C17H18Cl2N4O. The smallest absolute Gasteiger partial charge is 0.254 e. The van der Waals surface area contributed by atoms with Crippen molar-refractivity contribution < 1.29 is 4.79 Å². The van der Waals surface area contributed by atoms with E-state index >= 15 is 0 Å². The van der Waals surface area contributed by atoms with Crippen molar-refractivity contribution in [3.8, 4) is 5.69 Å². The molecule has 2 aliphatic rings. The standard InChI is InChI=1S/C17H18Cl2N4O/c18-11-1-4-16(15(19)5-11)23-9-10(8-20-23)17(24)22-14-6-12-2-3-13(7-14)21-12/h1,4-5,8-9,12-14,21H,2-3,6-7H2,(H,22,24). The molecule has 5 nitrogen and oxygen atoms in total. The highest BCUT2D eigenvalue weighted by atomic mass is 35.5. The minimum atomic E-state index is -0.0855. The van der Waals surface area contributed by atoms with Gasteiger partial charge in [0.25, 0.3) is 5.91 Å². The molecule has 2 bridgehead atoms. The van der Waals surface area contributed by atoms with E-state index in [1.165, 1.54) is 12.8 Å². The predicted molar refractivity (Wildman–Crippen MR) is 94.0 cm³/mol. The molecule has 7 heteroatoms. The van der Waals surface area contributed by atoms with Crippen LogP contribution < -0.4 is 10.6 Å². The zero-order valence-corrected chi connectivity index (χ0v) is 14.5. The maximum atomic E-state index is 12.5. The van der Waals surface area contributed by atoms with Crippen LogP contribution in [0.5, 0.6) is 0 Å². The Balaban J connectivity index is 1.47. The second-order valence-electron chi connectivity index (χ2n) is 6.55. The first-order chi connectivity index (χ1) is 11.6. The van der Waals surface area contributed by atoms with Crippen molar-refractivity contribution >= 4 is 29.1 Å². The largest absolute Gasteiger partial charge is 0.349 e. The van der Waals surface area contributed by atoms with Crippen LogP contribution in [-0.4, -0.2) is 33.8 Å². The monoisotopic (exact) mass is 364 g/mol. The van der Waals surface area contributed by atoms with Gasteiger partial charge in [-0.25, -0.2) is 4.68 Å². The minimum Gasteiger partial charge on any atom is -0.349 e. The second-order valence-corrected chi connectivity index (χ2v) is 7.39. The van der Waals surface area contributed by atoms with Crippen LogP contribution in [0.3, 0.4) is 0 Å². The predicted octanol–water partition coefficient (Wildman–Crippen LogP) is 3.19. The molecule has 2 fully saturated rings. The topological polar surface area (TPSA) is 59.0 Å². The van der Waals surface area contributed by atoms with E-state index in [-0.39, 0.29) is 11.9 Å². The highest BCUT2D eigenvalue weighted by Crippen LogP contribution is 2.27. The number of carbonyl (C=O) groups is 1. The van der Waals surface area contributed by atoms with Gasteiger partial charge in [0.2, 0.25) is 0 Å². The van der Waals surface area contributed by atoms with E-state index in [1.54, 1.807) is 35.3 Å². The van der Waals surface area contributed by atoms with Crippen molar-refractivity contribution in [2.75, 3.05) is 0 Å². The summed E-state index contributed by atoms with van der Waals surface area (Å²) in [6, 6.07) is 6.51. The van der Waals surface area contributed by atoms with Crippen LogP contribution in [0.4, 0.5) is 0 Å². The summed E-state index contributed by atoms with van der Waals surface area (Å²) >= 11 is 12.1. The fourth-order valence-corrected chi connectivity index (χ4v) is 4.18. The Bertz CT molecular complexity index is 764. The van der Waals surface area contributed by atoms with Crippen LogP contribution in [0.25, 0.3) is 5.69 Å². The molecule has 2 saturated heterocycles. The van der Waals surface area contributed by atoms with Crippen molar-refractivity contribution in [2.24, 2.45) is 0 Å². The lowest BCUT2D eigenvalue weighted by molar-refractivity contribution is 0.0924. The van der Waals surface area contributed by atoms with E-state index < -0.39 is 0 Å². The number of rotatable bonds is 3. The Morgan fingerprint density at radius 2 is 2.00 bits per heavy atom. The Hall–Kier alpha value is -1.56. The van der Waals surface area contributed by atoms with Gasteiger partial charge in [0.05, 0.1) is 22.5 Å². The van der Waals surface area contributed by atoms with Gasteiger partial charge in [-0.15, -0.1) is 0 Å². The molecule has 3 heterocycles. The number of halogens is 2. The van der Waals surface area contributed by atoms with Gasteiger partial charge >= 0.3 is 0 Å². The number of amides is 1. The Morgan fingerprint density at radius 1 is 1.25 bits per heavy atom. The number of piperidine rings is 1. The molecular weight excluding hydrogens is 347 g/mol. The van der Waals surface area contributed by atoms with Gasteiger partial charge < -0.3 is 10.6 Å². The van der Waals surface area contributed by atoms with E-state index in [4.69, 9.17) is 23.2 Å². The van der Waals surface area contributed by atoms with Crippen LogP contribution in [-0.2, 0) is 0 Å². The highest BCUT2D eigenvalue weighted by Gasteiger charge is 2.34. The Labute approximate surface area is 150 Å². The molecule has 2 aromatic rings. The zero-order valence-electron chi connectivity index (χ0n) is 13.0. The molecule has 2 N–H and O–H groups in total.